The summed E-state index contributed by atoms with van der Waals surface area (Å²) < 4.78 is 10.8. The molecule has 0 bridgehead atoms. The van der Waals surface area contributed by atoms with Gasteiger partial charge in [0.05, 0.1) is 24.6 Å². The predicted octanol–water partition coefficient (Wildman–Crippen LogP) is 3.56. The molecule has 0 unspecified atom stereocenters. The summed E-state index contributed by atoms with van der Waals surface area (Å²) in [6.07, 6.45) is -0.413. The second-order valence-electron chi connectivity index (χ2n) is 5.98. The monoisotopic (exact) mass is 339 g/mol. The summed E-state index contributed by atoms with van der Waals surface area (Å²) >= 11 is 0. The van der Waals surface area contributed by atoms with Gasteiger partial charge < -0.3 is 14.8 Å². The molecule has 0 aromatic heterocycles. The number of carbonyl (C=O) groups excluding carboxylic acids is 2. The minimum atomic E-state index is -0.523. The number of rotatable bonds is 6. The Balaban J connectivity index is 1.63. The lowest BCUT2D eigenvalue weighted by molar-refractivity contribution is -0.123. The van der Waals surface area contributed by atoms with Crippen molar-refractivity contribution >= 4 is 11.9 Å². The number of cyclic esters (lactones) is 1. The van der Waals surface area contributed by atoms with Crippen LogP contribution < -0.4 is 10.1 Å². The van der Waals surface area contributed by atoms with Crippen molar-refractivity contribution < 1.29 is 19.1 Å². The predicted molar refractivity (Wildman–Crippen MR) is 93.4 cm³/mol. The Labute approximate surface area is 147 Å². The second-order valence-corrected chi connectivity index (χ2v) is 5.98. The summed E-state index contributed by atoms with van der Waals surface area (Å²) in [5.41, 5.74) is 2.27. The van der Waals surface area contributed by atoms with E-state index in [9.17, 15) is 9.59 Å². The van der Waals surface area contributed by atoms with Crippen LogP contribution in [0.5, 0.6) is 5.75 Å². The number of amides is 1. The number of fused-ring (bicyclic) bond motifs is 1. The molecule has 25 heavy (non-hydrogen) atoms. The van der Waals surface area contributed by atoms with Gasteiger partial charge in [-0.2, -0.15) is 0 Å². The van der Waals surface area contributed by atoms with Crippen molar-refractivity contribution in [2.75, 3.05) is 6.61 Å². The van der Waals surface area contributed by atoms with Gasteiger partial charge in [0.25, 0.3) is 0 Å². The Bertz CT molecular complexity index is 787. The van der Waals surface area contributed by atoms with Gasteiger partial charge in [0.2, 0.25) is 5.91 Å². The first-order chi connectivity index (χ1) is 12.1. The van der Waals surface area contributed by atoms with E-state index >= 15 is 0 Å². The molecule has 0 aliphatic carbocycles. The lowest BCUT2D eigenvalue weighted by atomic mass is 10.0. The topological polar surface area (TPSA) is 64.6 Å². The maximum absolute atomic E-state index is 12.4. The van der Waals surface area contributed by atoms with Gasteiger partial charge in [-0.3, -0.25) is 4.79 Å². The SMILES string of the molecule is CCOc1cccc([C@H](C)NC(=O)C[C@@H]2OC(=O)c3ccccc32)c1. The highest BCUT2D eigenvalue weighted by Gasteiger charge is 2.32. The van der Waals surface area contributed by atoms with E-state index in [1.807, 2.05) is 50.2 Å². The van der Waals surface area contributed by atoms with Gasteiger partial charge >= 0.3 is 5.97 Å². The third-order valence-corrected chi connectivity index (χ3v) is 4.19. The Hall–Kier alpha value is -2.82. The zero-order valence-electron chi connectivity index (χ0n) is 14.3. The normalized spacial score (nSPS) is 16.7. The molecular formula is C20H21NO4. The van der Waals surface area contributed by atoms with E-state index < -0.39 is 6.10 Å². The van der Waals surface area contributed by atoms with E-state index in [-0.39, 0.29) is 24.3 Å². The molecule has 3 rings (SSSR count). The quantitative estimate of drug-likeness (QED) is 0.817. The van der Waals surface area contributed by atoms with Crippen LogP contribution in [0.1, 0.15) is 53.9 Å². The van der Waals surface area contributed by atoms with Crippen molar-refractivity contribution in [2.24, 2.45) is 0 Å². The third-order valence-electron chi connectivity index (χ3n) is 4.19. The van der Waals surface area contributed by atoms with Crippen LogP contribution in [0, 0.1) is 0 Å². The summed E-state index contributed by atoms with van der Waals surface area (Å²) in [5, 5.41) is 2.95. The highest BCUT2D eigenvalue weighted by molar-refractivity contribution is 5.94. The molecular weight excluding hydrogens is 318 g/mol. The largest absolute Gasteiger partial charge is 0.494 e. The number of carbonyl (C=O) groups is 2. The minimum Gasteiger partial charge on any atom is -0.494 e. The molecule has 0 spiro atoms. The molecule has 1 aliphatic rings. The van der Waals surface area contributed by atoms with E-state index in [2.05, 4.69) is 5.32 Å². The summed E-state index contributed by atoms with van der Waals surface area (Å²) in [7, 11) is 0. The molecule has 0 saturated carbocycles. The molecule has 5 heteroatoms. The molecule has 1 heterocycles. The first-order valence-electron chi connectivity index (χ1n) is 8.40. The summed E-state index contributed by atoms with van der Waals surface area (Å²) in [6.45, 7) is 4.44. The van der Waals surface area contributed by atoms with Crippen LogP contribution in [-0.4, -0.2) is 18.5 Å². The van der Waals surface area contributed by atoms with E-state index in [4.69, 9.17) is 9.47 Å². The van der Waals surface area contributed by atoms with Crippen LogP contribution in [0.25, 0.3) is 0 Å². The summed E-state index contributed by atoms with van der Waals surface area (Å²) in [5.74, 6) is 0.245. The molecule has 5 nitrogen and oxygen atoms in total. The van der Waals surface area contributed by atoms with E-state index in [0.717, 1.165) is 16.9 Å². The van der Waals surface area contributed by atoms with Gasteiger partial charge in [0.15, 0.2) is 0 Å². The fourth-order valence-corrected chi connectivity index (χ4v) is 2.96. The van der Waals surface area contributed by atoms with Gasteiger partial charge in [0.1, 0.15) is 11.9 Å². The first kappa shape index (κ1) is 17.0. The average Bonchev–Trinajstić information content (AvgIpc) is 2.91. The highest BCUT2D eigenvalue weighted by Crippen LogP contribution is 2.32. The Morgan fingerprint density at radius 1 is 1.24 bits per heavy atom. The average molecular weight is 339 g/mol. The lowest BCUT2D eigenvalue weighted by Gasteiger charge is -2.17. The van der Waals surface area contributed by atoms with Crippen LogP contribution in [0.4, 0.5) is 0 Å². The van der Waals surface area contributed by atoms with Gasteiger partial charge in [0, 0.05) is 5.56 Å². The lowest BCUT2D eigenvalue weighted by Crippen LogP contribution is -2.28. The van der Waals surface area contributed by atoms with Crippen molar-refractivity contribution in [1.82, 2.24) is 5.32 Å². The van der Waals surface area contributed by atoms with E-state index in [1.165, 1.54) is 0 Å². The molecule has 0 fully saturated rings. The van der Waals surface area contributed by atoms with Crippen molar-refractivity contribution in [1.29, 1.82) is 0 Å². The molecule has 0 saturated heterocycles. The zero-order valence-corrected chi connectivity index (χ0v) is 14.3. The number of benzene rings is 2. The van der Waals surface area contributed by atoms with Crippen molar-refractivity contribution in [3.63, 3.8) is 0 Å². The molecule has 1 N–H and O–H groups in total. The van der Waals surface area contributed by atoms with Crippen molar-refractivity contribution in [3.8, 4) is 5.75 Å². The summed E-state index contributed by atoms with van der Waals surface area (Å²) in [6, 6.07) is 14.7. The van der Waals surface area contributed by atoms with Crippen LogP contribution in [-0.2, 0) is 9.53 Å². The Kier molecular flexibility index (Phi) is 5.03. The number of hydrogen-bond acceptors (Lipinski definition) is 4. The zero-order chi connectivity index (χ0) is 17.8. The molecule has 2 aromatic rings. The number of hydrogen-bond donors (Lipinski definition) is 1. The molecule has 1 amide bonds. The maximum Gasteiger partial charge on any atom is 0.339 e. The molecule has 1 aliphatic heterocycles. The van der Waals surface area contributed by atoms with Crippen LogP contribution in [0.2, 0.25) is 0 Å². The number of esters is 1. The van der Waals surface area contributed by atoms with E-state index in [1.54, 1.807) is 12.1 Å². The fourth-order valence-electron chi connectivity index (χ4n) is 2.96. The van der Waals surface area contributed by atoms with Crippen LogP contribution in [0.3, 0.4) is 0 Å². The van der Waals surface area contributed by atoms with E-state index in [0.29, 0.717) is 12.2 Å². The first-order valence-corrected chi connectivity index (χ1v) is 8.40. The van der Waals surface area contributed by atoms with Gasteiger partial charge in [-0.1, -0.05) is 30.3 Å². The standard InChI is InChI=1S/C20H21NO4/c1-3-24-15-8-6-7-14(11-15)13(2)21-19(22)12-18-16-9-4-5-10-17(16)20(23)25-18/h4-11,13,18H,3,12H2,1-2H3,(H,21,22)/t13-,18-/m0/s1. The Morgan fingerprint density at radius 3 is 2.84 bits per heavy atom. The maximum atomic E-state index is 12.4. The summed E-state index contributed by atoms with van der Waals surface area (Å²) in [4.78, 5) is 24.2. The van der Waals surface area contributed by atoms with Gasteiger partial charge in [-0.05, 0) is 37.6 Å². The van der Waals surface area contributed by atoms with Gasteiger partial charge in [-0.25, -0.2) is 4.79 Å². The minimum absolute atomic E-state index is 0.109. The van der Waals surface area contributed by atoms with Crippen LogP contribution >= 0.6 is 0 Å². The van der Waals surface area contributed by atoms with Crippen molar-refractivity contribution in [3.05, 3.63) is 65.2 Å². The molecule has 130 valence electrons. The molecule has 0 radical (unpaired) electrons. The second kappa shape index (κ2) is 7.38. The molecule has 2 atom stereocenters. The van der Waals surface area contributed by atoms with Crippen LogP contribution in [0.15, 0.2) is 48.5 Å². The number of ether oxygens (including phenoxy) is 2. The van der Waals surface area contributed by atoms with Gasteiger partial charge in [-0.15, -0.1) is 0 Å². The smallest absolute Gasteiger partial charge is 0.339 e. The number of nitrogens with one attached hydrogen (secondary N) is 1. The Morgan fingerprint density at radius 2 is 2.04 bits per heavy atom. The third kappa shape index (κ3) is 3.82. The molecule has 2 aromatic carbocycles. The fraction of sp³-hybridized carbons (Fsp3) is 0.300. The van der Waals surface area contributed by atoms with Crippen molar-refractivity contribution in [2.45, 2.75) is 32.4 Å². The highest BCUT2D eigenvalue weighted by atomic mass is 16.5.